The quantitative estimate of drug-likeness (QED) is 0.714. The average molecular weight is 227 g/mol. The lowest BCUT2D eigenvalue weighted by Gasteiger charge is -2.20. The molecule has 2 rings (SSSR count). The Hall–Kier alpha value is -1.27. The Balaban J connectivity index is 2.21. The third-order valence-corrected chi connectivity index (χ3v) is 3.64. The van der Waals surface area contributed by atoms with Crippen molar-refractivity contribution < 1.29 is 8.42 Å². The summed E-state index contributed by atoms with van der Waals surface area (Å²) in [6.07, 6.45) is 8.96. The molecule has 5 nitrogen and oxygen atoms in total. The SMILES string of the molecule is CCNS(=O)(=O)C1=CN2C=CC=CC2N1. The Morgan fingerprint density at radius 1 is 1.53 bits per heavy atom. The largest absolute Gasteiger partial charge is 0.350 e. The first kappa shape index (κ1) is 10.3. The summed E-state index contributed by atoms with van der Waals surface area (Å²) < 4.78 is 25.8. The second-order valence-corrected chi connectivity index (χ2v) is 4.99. The molecular weight excluding hydrogens is 214 g/mol. The van der Waals surface area contributed by atoms with Crippen molar-refractivity contribution in [3.63, 3.8) is 0 Å². The zero-order chi connectivity index (χ0) is 10.9. The molecule has 0 amide bonds. The van der Waals surface area contributed by atoms with Crippen LogP contribution in [0.3, 0.4) is 0 Å². The molecule has 82 valence electrons. The standard InChI is InChI=1S/C9H13N3O2S/c1-2-10-15(13,14)9-7-12-6-4-3-5-8(12)11-9/h3-8,10-11H,2H2,1H3. The summed E-state index contributed by atoms with van der Waals surface area (Å²) in [7, 11) is -3.38. The summed E-state index contributed by atoms with van der Waals surface area (Å²) >= 11 is 0. The predicted molar refractivity (Wildman–Crippen MR) is 57.7 cm³/mol. The zero-order valence-electron chi connectivity index (χ0n) is 8.34. The number of fused-ring (bicyclic) bond motifs is 1. The average Bonchev–Trinajstić information content (AvgIpc) is 2.61. The van der Waals surface area contributed by atoms with E-state index in [-0.39, 0.29) is 11.2 Å². The molecule has 0 fully saturated rings. The monoisotopic (exact) mass is 227 g/mol. The number of hydrogen-bond acceptors (Lipinski definition) is 4. The van der Waals surface area contributed by atoms with E-state index in [0.717, 1.165) is 0 Å². The van der Waals surface area contributed by atoms with Crippen LogP contribution < -0.4 is 10.0 Å². The van der Waals surface area contributed by atoms with Crippen molar-refractivity contribution in [3.05, 3.63) is 35.7 Å². The van der Waals surface area contributed by atoms with Gasteiger partial charge in [-0.3, -0.25) is 0 Å². The van der Waals surface area contributed by atoms with Gasteiger partial charge in [-0.25, -0.2) is 13.1 Å². The van der Waals surface area contributed by atoms with Gasteiger partial charge in [-0.2, -0.15) is 0 Å². The van der Waals surface area contributed by atoms with Crippen LogP contribution in [0.15, 0.2) is 35.7 Å². The summed E-state index contributed by atoms with van der Waals surface area (Å²) in [5.74, 6) is 0. The van der Waals surface area contributed by atoms with Crippen LogP contribution in [0, 0.1) is 0 Å². The Kier molecular flexibility index (Phi) is 2.54. The van der Waals surface area contributed by atoms with Crippen molar-refractivity contribution in [2.24, 2.45) is 0 Å². The lowest BCUT2D eigenvalue weighted by atomic mass is 10.3. The minimum absolute atomic E-state index is 0.0848. The second-order valence-electron chi connectivity index (χ2n) is 3.26. The molecule has 0 aromatic heterocycles. The van der Waals surface area contributed by atoms with Crippen molar-refractivity contribution >= 4 is 10.0 Å². The molecule has 1 unspecified atom stereocenters. The number of hydrogen-bond donors (Lipinski definition) is 2. The Morgan fingerprint density at radius 2 is 2.33 bits per heavy atom. The van der Waals surface area contributed by atoms with Crippen LogP contribution in [0.25, 0.3) is 0 Å². The third kappa shape index (κ3) is 1.91. The number of rotatable bonds is 3. The summed E-state index contributed by atoms with van der Waals surface area (Å²) in [4.78, 5) is 1.81. The molecular formula is C9H13N3O2S. The maximum Gasteiger partial charge on any atom is 0.257 e. The van der Waals surface area contributed by atoms with Crippen molar-refractivity contribution in [1.82, 2.24) is 14.9 Å². The van der Waals surface area contributed by atoms with Crippen LogP contribution in [-0.2, 0) is 10.0 Å². The van der Waals surface area contributed by atoms with E-state index in [1.165, 1.54) is 0 Å². The molecule has 0 aliphatic carbocycles. The van der Waals surface area contributed by atoms with E-state index in [1.54, 1.807) is 13.1 Å². The first-order valence-corrected chi connectivity index (χ1v) is 6.22. The van der Waals surface area contributed by atoms with Crippen LogP contribution in [0.4, 0.5) is 0 Å². The fraction of sp³-hybridized carbons (Fsp3) is 0.333. The topological polar surface area (TPSA) is 61.4 Å². The molecule has 6 heteroatoms. The van der Waals surface area contributed by atoms with E-state index < -0.39 is 10.0 Å². The van der Waals surface area contributed by atoms with E-state index in [0.29, 0.717) is 6.54 Å². The number of nitrogens with one attached hydrogen (secondary N) is 2. The summed E-state index contributed by atoms with van der Waals surface area (Å²) in [6, 6.07) is 0. The van der Waals surface area contributed by atoms with E-state index >= 15 is 0 Å². The lowest BCUT2D eigenvalue weighted by molar-refractivity contribution is 0.425. The summed E-state index contributed by atoms with van der Waals surface area (Å²) in [6.45, 7) is 2.14. The minimum atomic E-state index is -3.38. The van der Waals surface area contributed by atoms with Crippen LogP contribution in [-0.4, -0.2) is 26.0 Å². The maximum atomic E-state index is 11.7. The molecule has 0 radical (unpaired) electrons. The molecule has 0 bridgehead atoms. The Bertz CT molecular complexity index is 436. The van der Waals surface area contributed by atoms with Gasteiger partial charge in [0.05, 0.1) is 0 Å². The highest BCUT2D eigenvalue weighted by molar-refractivity contribution is 7.93. The summed E-state index contributed by atoms with van der Waals surface area (Å²) in [5, 5.41) is 3.13. The molecule has 2 heterocycles. The van der Waals surface area contributed by atoms with Crippen molar-refractivity contribution in [2.45, 2.75) is 13.1 Å². The van der Waals surface area contributed by atoms with Crippen LogP contribution in [0.5, 0.6) is 0 Å². The number of nitrogens with zero attached hydrogens (tertiary/aromatic N) is 1. The number of sulfonamides is 1. The van der Waals surface area contributed by atoms with Crippen LogP contribution in [0.2, 0.25) is 0 Å². The van der Waals surface area contributed by atoms with Gasteiger partial charge in [0.15, 0.2) is 5.03 Å². The molecule has 0 spiro atoms. The minimum Gasteiger partial charge on any atom is -0.350 e. The second kappa shape index (κ2) is 3.71. The van der Waals surface area contributed by atoms with Crippen molar-refractivity contribution in [1.29, 1.82) is 0 Å². The molecule has 0 saturated carbocycles. The van der Waals surface area contributed by atoms with E-state index in [2.05, 4.69) is 10.0 Å². The molecule has 0 aromatic rings. The lowest BCUT2D eigenvalue weighted by Crippen LogP contribution is -2.36. The molecule has 0 saturated heterocycles. The van der Waals surface area contributed by atoms with Gasteiger partial charge in [0.2, 0.25) is 0 Å². The van der Waals surface area contributed by atoms with Crippen LogP contribution in [0.1, 0.15) is 6.92 Å². The van der Waals surface area contributed by atoms with Gasteiger partial charge < -0.3 is 10.2 Å². The molecule has 2 aliphatic heterocycles. The van der Waals surface area contributed by atoms with Gasteiger partial charge in [0.25, 0.3) is 10.0 Å². The van der Waals surface area contributed by atoms with Gasteiger partial charge in [0, 0.05) is 18.9 Å². The van der Waals surface area contributed by atoms with Gasteiger partial charge in [-0.15, -0.1) is 0 Å². The van der Waals surface area contributed by atoms with Crippen LogP contribution >= 0.6 is 0 Å². The normalized spacial score (nSPS) is 23.7. The highest BCUT2D eigenvalue weighted by atomic mass is 32.2. The number of allylic oxidation sites excluding steroid dienone is 2. The van der Waals surface area contributed by atoms with Crippen molar-refractivity contribution in [2.75, 3.05) is 6.54 Å². The Labute approximate surface area is 89.2 Å². The van der Waals surface area contributed by atoms with Crippen molar-refractivity contribution in [3.8, 4) is 0 Å². The van der Waals surface area contributed by atoms with Gasteiger partial charge in [-0.1, -0.05) is 13.0 Å². The van der Waals surface area contributed by atoms with E-state index in [4.69, 9.17) is 0 Å². The van der Waals surface area contributed by atoms with Gasteiger partial charge in [0.1, 0.15) is 6.17 Å². The smallest absolute Gasteiger partial charge is 0.257 e. The van der Waals surface area contributed by atoms with E-state index in [1.807, 2.05) is 29.3 Å². The molecule has 2 aliphatic rings. The van der Waals surface area contributed by atoms with Gasteiger partial charge >= 0.3 is 0 Å². The first-order chi connectivity index (χ1) is 7.13. The first-order valence-electron chi connectivity index (χ1n) is 4.74. The zero-order valence-corrected chi connectivity index (χ0v) is 9.16. The van der Waals surface area contributed by atoms with E-state index in [9.17, 15) is 8.42 Å². The predicted octanol–water partition coefficient (Wildman–Crippen LogP) is 0.0394. The summed E-state index contributed by atoms with van der Waals surface area (Å²) in [5.41, 5.74) is 0. The molecule has 15 heavy (non-hydrogen) atoms. The molecule has 2 N–H and O–H groups in total. The van der Waals surface area contributed by atoms with Gasteiger partial charge in [-0.05, 0) is 12.2 Å². The molecule has 1 atom stereocenters. The molecule has 0 aromatic carbocycles. The third-order valence-electron chi connectivity index (χ3n) is 2.16. The highest BCUT2D eigenvalue weighted by Crippen LogP contribution is 2.18. The maximum absolute atomic E-state index is 11.7. The fourth-order valence-corrected chi connectivity index (χ4v) is 2.56. The Morgan fingerprint density at radius 3 is 3.00 bits per heavy atom. The highest BCUT2D eigenvalue weighted by Gasteiger charge is 2.28. The fourth-order valence-electron chi connectivity index (χ4n) is 1.49.